The van der Waals surface area contributed by atoms with Gasteiger partial charge in [0, 0.05) is 29.1 Å². The molecule has 6 rings (SSSR count). The van der Waals surface area contributed by atoms with Gasteiger partial charge in [0.1, 0.15) is 11.6 Å². The lowest BCUT2D eigenvalue weighted by atomic mass is 10.0. The molecule has 8 heteroatoms. The molecule has 3 aromatic carbocycles. The lowest BCUT2D eigenvalue weighted by Gasteiger charge is -2.36. The van der Waals surface area contributed by atoms with Crippen molar-refractivity contribution in [3.8, 4) is 0 Å². The van der Waals surface area contributed by atoms with Crippen LogP contribution in [0.4, 0.5) is 10.1 Å². The number of nitrogens with zero attached hydrogens (tertiary/aromatic N) is 4. The topological polar surface area (TPSA) is 80.5 Å². The Bertz CT molecular complexity index is 1520. The molecule has 36 heavy (non-hydrogen) atoms. The summed E-state index contributed by atoms with van der Waals surface area (Å²) in [5.74, 6) is -0.721. The molecule has 7 nitrogen and oxygen atoms in total. The molecule has 3 aliphatic heterocycles. The largest absolute Gasteiger partial charge is 0.392 e. The van der Waals surface area contributed by atoms with Crippen LogP contribution in [0, 0.1) is 5.82 Å². The summed E-state index contributed by atoms with van der Waals surface area (Å²) in [6.07, 6.45) is 3.73. The van der Waals surface area contributed by atoms with Gasteiger partial charge in [-0.3, -0.25) is 14.8 Å². The first-order valence-electron chi connectivity index (χ1n) is 12.0. The molecule has 0 bridgehead atoms. The molecule has 0 aromatic heterocycles. The van der Waals surface area contributed by atoms with Gasteiger partial charge in [-0.05, 0) is 35.9 Å². The van der Waals surface area contributed by atoms with Crippen molar-refractivity contribution in [3.05, 3.63) is 125 Å². The molecule has 0 fully saturated rings. The number of nitrogens with one attached hydrogen (secondary N) is 1. The maximum Gasteiger partial charge on any atom is 0.265 e. The van der Waals surface area contributed by atoms with E-state index in [2.05, 4.69) is 10.3 Å². The number of aliphatic imine (C=N–C) groups is 2. The molecule has 0 aliphatic carbocycles. The van der Waals surface area contributed by atoms with E-state index in [0.29, 0.717) is 17.0 Å². The molecule has 0 radical (unpaired) electrons. The molecule has 2 N–H and O–H groups in total. The number of benzene rings is 3. The van der Waals surface area contributed by atoms with Crippen molar-refractivity contribution >= 4 is 23.5 Å². The van der Waals surface area contributed by atoms with E-state index in [4.69, 9.17) is 6.36 Å². The summed E-state index contributed by atoms with van der Waals surface area (Å²) in [7, 11) is 0. The fourth-order valence-corrected chi connectivity index (χ4v) is 4.60. The zero-order valence-electron chi connectivity index (χ0n) is 20.0. The standard InChI is InChI=1S/C28H22FN5O2/c29-22-12-11-18(17-35)15-21(22)24-16-25-30-13-6-14-33(25)34(24)27-28(36)31-23-10-5-4-9-20(23)26(32-27)19-7-2-1-3-8-19/h1-16,24,27,35H,17H2,(H,31,36)/t24?,27-/m0/s1/i16D. The van der Waals surface area contributed by atoms with Gasteiger partial charge >= 0.3 is 0 Å². The van der Waals surface area contributed by atoms with Crippen molar-refractivity contribution in [2.75, 3.05) is 5.32 Å². The fourth-order valence-electron chi connectivity index (χ4n) is 4.60. The molecule has 3 aliphatic rings. The molecule has 1 unspecified atom stereocenters. The van der Waals surface area contributed by atoms with Gasteiger partial charge in [-0.1, -0.05) is 54.6 Å². The van der Waals surface area contributed by atoms with Crippen LogP contribution >= 0.6 is 0 Å². The average Bonchev–Trinajstić information content (AvgIpc) is 3.13. The van der Waals surface area contributed by atoms with E-state index in [1.807, 2.05) is 54.6 Å². The van der Waals surface area contributed by atoms with Gasteiger partial charge in [-0.2, -0.15) is 5.01 Å². The molecule has 1 amide bonds. The second-order valence-electron chi connectivity index (χ2n) is 8.48. The van der Waals surface area contributed by atoms with E-state index < -0.39 is 23.9 Å². The average molecular weight is 481 g/mol. The quantitative estimate of drug-likeness (QED) is 0.588. The number of hydrazine groups is 1. The number of rotatable bonds is 4. The van der Waals surface area contributed by atoms with Crippen molar-refractivity contribution in [1.29, 1.82) is 0 Å². The SMILES string of the molecule is [2H]C1=C2N=CC=CN2N([C@@H]2N=C(c3ccccc3)c3ccccc3NC2=O)C1c1cc(CO)ccc1F. The lowest BCUT2D eigenvalue weighted by molar-refractivity contribution is -0.126. The van der Waals surface area contributed by atoms with Crippen LogP contribution in [0.5, 0.6) is 0 Å². The van der Waals surface area contributed by atoms with Crippen molar-refractivity contribution in [3.63, 3.8) is 0 Å². The highest BCUT2D eigenvalue weighted by molar-refractivity contribution is 6.19. The summed E-state index contributed by atoms with van der Waals surface area (Å²) in [6.45, 7) is -0.290. The molecular formula is C28H22FN5O2. The van der Waals surface area contributed by atoms with Crippen LogP contribution in [0.1, 0.15) is 29.7 Å². The fraction of sp³-hybridized carbons (Fsp3) is 0.107. The molecule has 0 spiro atoms. The van der Waals surface area contributed by atoms with Crippen LogP contribution in [0.15, 0.2) is 107 Å². The molecule has 0 saturated carbocycles. The number of hydrogen-bond donors (Lipinski definition) is 2. The number of amides is 1. The van der Waals surface area contributed by atoms with Gasteiger partial charge in [-0.15, -0.1) is 0 Å². The minimum atomic E-state index is -1.17. The van der Waals surface area contributed by atoms with Crippen molar-refractivity contribution in [1.82, 2.24) is 10.0 Å². The first-order valence-corrected chi connectivity index (χ1v) is 11.5. The van der Waals surface area contributed by atoms with E-state index in [1.54, 1.807) is 28.5 Å². The Labute approximate surface area is 208 Å². The molecule has 2 atom stereocenters. The summed E-state index contributed by atoms with van der Waals surface area (Å²) in [6, 6.07) is 20.2. The number of carbonyl (C=O) groups excluding carboxylic acids is 1. The summed E-state index contributed by atoms with van der Waals surface area (Å²) in [5, 5.41) is 15.8. The van der Waals surface area contributed by atoms with Gasteiger partial charge < -0.3 is 10.4 Å². The Morgan fingerprint density at radius 1 is 1.08 bits per heavy atom. The third-order valence-corrected chi connectivity index (χ3v) is 6.27. The highest BCUT2D eigenvalue weighted by atomic mass is 19.1. The summed E-state index contributed by atoms with van der Waals surface area (Å²) >= 11 is 0. The maximum absolute atomic E-state index is 15.3. The zero-order valence-corrected chi connectivity index (χ0v) is 19.0. The number of para-hydroxylation sites is 1. The predicted octanol–water partition coefficient (Wildman–Crippen LogP) is 4.15. The van der Waals surface area contributed by atoms with E-state index in [1.165, 1.54) is 18.2 Å². The smallest absolute Gasteiger partial charge is 0.265 e. The molecule has 3 aromatic rings. The Morgan fingerprint density at radius 2 is 1.89 bits per heavy atom. The van der Waals surface area contributed by atoms with E-state index in [-0.39, 0.29) is 24.0 Å². The molecule has 3 heterocycles. The number of aliphatic hydroxyl groups is 1. The second-order valence-corrected chi connectivity index (χ2v) is 8.48. The Morgan fingerprint density at radius 3 is 2.72 bits per heavy atom. The van der Waals surface area contributed by atoms with E-state index in [9.17, 15) is 9.90 Å². The van der Waals surface area contributed by atoms with Crippen molar-refractivity contribution < 1.29 is 15.7 Å². The van der Waals surface area contributed by atoms with E-state index in [0.717, 1.165) is 11.1 Å². The number of aliphatic hydroxyl groups excluding tert-OH is 1. The van der Waals surface area contributed by atoms with Gasteiger partial charge in [-0.25, -0.2) is 9.38 Å². The molecule has 178 valence electrons. The lowest BCUT2D eigenvalue weighted by Crippen LogP contribution is -2.49. The van der Waals surface area contributed by atoms with Crippen molar-refractivity contribution in [2.24, 2.45) is 9.98 Å². The zero-order chi connectivity index (χ0) is 25.5. The third-order valence-electron chi connectivity index (χ3n) is 6.27. The second kappa shape index (κ2) is 8.99. The number of benzodiazepines with no additional fused rings is 1. The summed E-state index contributed by atoms with van der Waals surface area (Å²) in [5.41, 5.74) is 3.39. The predicted molar refractivity (Wildman–Crippen MR) is 135 cm³/mol. The number of halogens is 1. The first-order chi connectivity index (χ1) is 18.1. The van der Waals surface area contributed by atoms with Crippen LogP contribution in [0.25, 0.3) is 0 Å². The van der Waals surface area contributed by atoms with Crippen LogP contribution < -0.4 is 5.32 Å². The number of allylic oxidation sites excluding steroid dienone is 1. The molecular weight excluding hydrogens is 457 g/mol. The number of carbonyl (C=O) groups is 1. The molecule has 0 saturated heterocycles. The number of anilines is 1. The minimum Gasteiger partial charge on any atom is -0.392 e. The third kappa shape index (κ3) is 3.73. The Balaban J connectivity index is 1.56. The summed E-state index contributed by atoms with van der Waals surface area (Å²) < 4.78 is 24.2. The summed E-state index contributed by atoms with van der Waals surface area (Å²) in [4.78, 5) is 23.0. The Hall–Kier alpha value is -4.40. The van der Waals surface area contributed by atoms with Crippen LogP contribution in [0.2, 0.25) is 0 Å². The first kappa shape index (κ1) is 20.9. The normalized spacial score (nSPS) is 21.5. The van der Waals surface area contributed by atoms with Crippen LogP contribution in [-0.2, 0) is 11.4 Å². The highest BCUT2D eigenvalue weighted by Crippen LogP contribution is 2.40. The monoisotopic (exact) mass is 480 g/mol. The maximum atomic E-state index is 15.3. The van der Waals surface area contributed by atoms with Gasteiger partial charge in [0.2, 0.25) is 0 Å². The highest BCUT2D eigenvalue weighted by Gasteiger charge is 2.43. The Kier molecular flexibility index (Phi) is 5.23. The number of fused-ring (bicyclic) bond motifs is 2. The van der Waals surface area contributed by atoms with Gasteiger partial charge in [0.15, 0.2) is 6.17 Å². The van der Waals surface area contributed by atoms with Gasteiger partial charge in [0.25, 0.3) is 5.91 Å². The number of hydrogen-bond acceptors (Lipinski definition) is 6. The van der Waals surface area contributed by atoms with Crippen molar-refractivity contribution in [2.45, 2.75) is 18.8 Å². The van der Waals surface area contributed by atoms with E-state index >= 15 is 4.39 Å². The van der Waals surface area contributed by atoms with Gasteiger partial charge in [0.05, 0.1) is 25.4 Å². The minimum absolute atomic E-state index is 0.0145. The van der Waals surface area contributed by atoms with Crippen LogP contribution in [-0.4, -0.2) is 39.1 Å². The van der Waals surface area contributed by atoms with Crippen LogP contribution in [0.3, 0.4) is 0 Å².